The minimum Gasteiger partial charge on any atom is -0.341 e. The van der Waals surface area contributed by atoms with Crippen molar-refractivity contribution in [3.63, 3.8) is 0 Å². The van der Waals surface area contributed by atoms with E-state index in [0.717, 1.165) is 38.9 Å². The van der Waals surface area contributed by atoms with Gasteiger partial charge in [-0.1, -0.05) is 30.3 Å². The van der Waals surface area contributed by atoms with Crippen molar-refractivity contribution < 1.29 is 4.79 Å². The second kappa shape index (κ2) is 9.48. The molecule has 1 aromatic heterocycles. The van der Waals surface area contributed by atoms with Crippen LogP contribution in [0.5, 0.6) is 0 Å². The average Bonchev–Trinajstić information content (AvgIpc) is 2.71. The first kappa shape index (κ1) is 18.6. The zero-order valence-electron chi connectivity index (χ0n) is 15.7. The molecule has 1 saturated heterocycles. The highest BCUT2D eigenvalue weighted by Gasteiger charge is 2.25. The lowest BCUT2D eigenvalue weighted by atomic mass is 10.0. The molecule has 1 aromatic carbocycles. The van der Waals surface area contributed by atoms with E-state index < -0.39 is 0 Å². The van der Waals surface area contributed by atoms with Crippen LogP contribution in [0.3, 0.4) is 0 Å². The highest BCUT2D eigenvalue weighted by molar-refractivity contribution is 5.76. The molecule has 138 valence electrons. The number of carbonyl (C=O) groups is 1. The highest BCUT2D eigenvalue weighted by Crippen LogP contribution is 2.17. The second-order valence-corrected chi connectivity index (χ2v) is 7.19. The van der Waals surface area contributed by atoms with Crippen molar-refractivity contribution in [3.05, 3.63) is 66.0 Å². The van der Waals surface area contributed by atoms with Gasteiger partial charge in [-0.25, -0.2) is 0 Å². The fourth-order valence-corrected chi connectivity index (χ4v) is 3.66. The van der Waals surface area contributed by atoms with E-state index in [1.54, 1.807) is 12.4 Å². The second-order valence-electron chi connectivity index (χ2n) is 7.19. The number of likely N-dealkylation sites (tertiary alicyclic amines) is 1. The molecule has 0 aliphatic carbocycles. The molecule has 1 aliphatic heterocycles. The number of carbonyl (C=O) groups excluding carboxylic acids is 1. The van der Waals surface area contributed by atoms with Crippen molar-refractivity contribution in [2.24, 2.45) is 0 Å². The van der Waals surface area contributed by atoms with E-state index in [-0.39, 0.29) is 5.91 Å². The Balaban J connectivity index is 1.46. The predicted octanol–water partition coefficient (Wildman–Crippen LogP) is 3.18. The molecule has 4 nitrogen and oxygen atoms in total. The Bertz CT molecular complexity index is 674. The van der Waals surface area contributed by atoms with Gasteiger partial charge in [0.15, 0.2) is 0 Å². The van der Waals surface area contributed by atoms with Crippen LogP contribution in [0.2, 0.25) is 0 Å². The van der Waals surface area contributed by atoms with Gasteiger partial charge in [0.25, 0.3) is 0 Å². The molecule has 2 heterocycles. The number of pyridine rings is 1. The fraction of sp³-hybridized carbons (Fsp3) is 0.455. The Morgan fingerprint density at radius 1 is 1.12 bits per heavy atom. The Morgan fingerprint density at radius 2 is 1.85 bits per heavy atom. The number of rotatable bonds is 7. The van der Waals surface area contributed by atoms with Gasteiger partial charge in [0.1, 0.15) is 0 Å². The number of aryl methyl sites for hydroxylation is 1. The molecule has 1 amide bonds. The first-order chi connectivity index (χ1) is 12.7. The smallest absolute Gasteiger partial charge is 0.222 e. The fourth-order valence-electron chi connectivity index (χ4n) is 3.66. The van der Waals surface area contributed by atoms with Crippen LogP contribution >= 0.6 is 0 Å². The maximum absolute atomic E-state index is 12.6. The van der Waals surface area contributed by atoms with Crippen LogP contribution in [0.1, 0.15) is 30.4 Å². The normalized spacial score (nSPS) is 17.8. The summed E-state index contributed by atoms with van der Waals surface area (Å²) in [5.41, 5.74) is 2.56. The Kier molecular flexibility index (Phi) is 6.78. The lowest BCUT2D eigenvalue weighted by Gasteiger charge is -2.37. The molecule has 0 saturated carbocycles. The summed E-state index contributed by atoms with van der Waals surface area (Å²) in [4.78, 5) is 21.1. The molecule has 26 heavy (non-hydrogen) atoms. The van der Waals surface area contributed by atoms with Crippen LogP contribution < -0.4 is 0 Å². The number of hydrogen-bond acceptors (Lipinski definition) is 3. The number of piperidine rings is 1. The lowest BCUT2D eigenvalue weighted by Crippen LogP contribution is -2.49. The van der Waals surface area contributed by atoms with Crippen molar-refractivity contribution in [3.8, 4) is 0 Å². The predicted molar refractivity (Wildman–Crippen MR) is 105 cm³/mol. The summed E-state index contributed by atoms with van der Waals surface area (Å²) in [5, 5.41) is 0. The molecular weight excluding hydrogens is 322 g/mol. The van der Waals surface area contributed by atoms with Crippen molar-refractivity contribution in [1.82, 2.24) is 14.8 Å². The Labute approximate surface area is 156 Å². The van der Waals surface area contributed by atoms with Crippen LogP contribution in [-0.2, 0) is 17.6 Å². The summed E-state index contributed by atoms with van der Waals surface area (Å²) in [6.45, 7) is 3.20. The third-order valence-corrected chi connectivity index (χ3v) is 5.36. The number of nitrogens with zero attached hydrogens (tertiary/aromatic N) is 3. The largest absolute Gasteiger partial charge is 0.341 e. The monoisotopic (exact) mass is 351 g/mol. The van der Waals surface area contributed by atoms with Crippen LogP contribution in [0.25, 0.3) is 0 Å². The number of benzene rings is 1. The standard InChI is InChI=1S/C22H29N3O/c1-24(22(26)10-9-20-11-14-23-15-12-20)21-8-5-16-25(18-21)17-13-19-6-3-2-4-7-19/h2-4,6-7,11-12,14-15,21H,5,8-10,13,16-18H2,1H3/t21-/m1/s1. The van der Waals surface area contributed by atoms with Gasteiger partial charge >= 0.3 is 0 Å². The van der Waals surface area contributed by atoms with Gasteiger partial charge in [-0.3, -0.25) is 9.78 Å². The van der Waals surface area contributed by atoms with Crippen LogP contribution in [0.15, 0.2) is 54.9 Å². The molecule has 0 radical (unpaired) electrons. The van der Waals surface area contributed by atoms with Crippen molar-refractivity contribution in [2.45, 2.75) is 38.1 Å². The van der Waals surface area contributed by atoms with Crippen molar-refractivity contribution >= 4 is 5.91 Å². The van der Waals surface area contributed by atoms with Crippen molar-refractivity contribution in [2.75, 3.05) is 26.7 Å². The zero-order chi connectivity index (χ0) is 18.2. The summed E-state index contributed by atoms with van der Waals surface area (Å²) in [5.74, 6) is 0.247. The molecule has 4 heteroatoms. The van der Waals surface area contributed by atoms with Crippen LogP contribution in [0, 0.1) is 0 Å². The Morgan fingerprint density at radius 3 is 2.62 bits per heavy atom. The SMILES string of the molecule is CN(C(=O)CCc1ccncc1)[C@@H]1CCCN(CCc2ccccc2)C1. The van der Waals surface area contributed by atoms with Gasteiger partial charge in [-0.15, -0.1) is 0 Å². The van der Waals surface area contributed by atoms with Crippen LogP contribution in [0.4, 0.5) is 0 Å². The minimum absolute atomic E-state index is 0.247. The molecule has 2 aromatic rings. The lowest BCUT2D eigenvalue weighted by molar-refractivity contribution is -0.133. The summed E-state index contributed by atoms with van der Waals surface area (Å²) in [6, 6.07) is 15.0. The van der Waals surface area contributed by atoms with E-state index in [2.05, 4.69) is 40.2 Å². The van der Waals surface area contributed by atoms with Gasteiger partial charge in [0.2, 0.25) is 5.91 Å². The summed E-state index contributed by atoms with van der Waals surface area (Å²) < 4.78 is 0. The van der Waals surface area contributed by atoms with Gasteiger partial charge in [0.05, 0.1) is 0 Å². The maximum atomic E-state index is 12.6. The highest BCUT2D eigenvalue weighted by atomic mass is 16.2. The summed E-state index contributed by atoms with van der Waals surface area (Å²) >= 11 is 0. The van der Waals surface area contributed by atoms with Crippen molar-refractivity contribution in [1.29, 1.82) is 0 Å². The van der Waals surface area contributed by atoms with Gasteiger partial charge in [-0.05, 0) is 55.5 Å². The molecule has 0 N–H and O–H groups in total. The van der Waals surface area contributed by atoms with Gasteiger partial charge < -0.3 is 9.80 Å². The zero-order valence-corrected chi connectivity index (χ0v) is 15.7. The van der Waals surface area contributed by atoms with Gasteiger partial charge in [0, 0.05) is 45.0 Å². The average molecular weight is 351 g/mol. The van der Waals surface area contributed by atoms with E-state index in [0.29, 0.717) is 12.5 Å². The third kappa shape index (κ3) is 5.40. The molecule has 0 spiro atoms. The topological polar surface area (TPSA) is 36.4 Å². The van der Waals surface area contributed by atoms with E-state index in [1.807, 2.05) is 24.1 Å². The van der Waals surface area contributed by atoms with E-state index >= 15 is 0 Å². The van der Waals surface area contributed by atoms with Crippen LogP contribution in [-0.4, -0.2) is 53.4 Å². The first-order valence-electron chi connectivity index (χ1n) is 9.63. The number of amides is 1. The first-order valence-corrected chi connectivity index (χ1v) is 9.63. The minimum atomic E-state index is 0.247. The van der Waals surface area contributed by atoms with Gasteiger partial charge in [-0.2, -0.15) is 0 Å². The molecule has 0 unspecified atom stereocenters. The molecule has 3 rings (SSSR count). The molecule has 0 bridgehead atoms. The molecule has 1 aliphatic rings. The number of aromatic nitrogens is 1. The molecular formula is C22H29N3O. The molecule has 1 fully saturated rings. The summed E-state index contributed by atoms with van der Waals surface area (Å²) in [7, 11) is 1.97. The quantitative estimate of drug-likeness (QED) is 0.769. The maximum Gasteiger partial charge on any atom is 0.222 e. The Hall–Kier alpha value is -2.20. The number of hydrogen-bond donors (Lipinski definition) is 0. The van der Waals surface area contributed by atoms with E-state index in [9.17, 15) is 4.79 Å². The third-order valence-electron chi connectivity index (χ3n) is 5.36. The summed E-state index contributed by atoms with van der Waals surface area (Å²) in [6.07, 6.45) is 8.29. The van der Waals surface area contributed by atoms with E-state index in [1.165, 1.54) is 17.5 Å². The number of likely N-dealkylation sites (N-methyl/N-ethyl adjacent to an activating group) is 1. The molecule has 1 atom stereocenters. The van der Waals surface area contributed by atoms with E-state index in [4.69, 9.17) is 0 Å².